The summed E-state index contributed by atoms with van der Waals surface area (Å²) >= 11 is 1.70. The average molecular weight is 308 g/mol. The fourth-order valence-corrected chi connectivity index (χ4v) is 3.73. The molecule has 6 heteroatoms. The fourth-order valence-electron chi connectivity index (χ4n) is 3.00. The van der Waals surface area contributed by atoms with E-state index in [0.29, 0.717) is 0 Å². The van der Waals surface area contributed by atoms with Crippen molar-refractivity contribution in [3.8, 4) is 0 Å². The van der Waals surface area contributed by atoms with Crippen LogP contribution in [-0.2, 0) is 11.3 Å². The molecule has 1 N–H and O–H groups in total. The smallest absolute Gasteiger partial charge is 0.195 e. The minimum Gasteiger partial charge on any atom is -0.383 e. The van der Waals surface area contributed by atoms with E-state index in [1.165, 1.54) is 24.4 Å². The van der Waals surface area contributed by atoms with E-state index in [1.807, 2.05) is 0 Å². The van der Waals surface area contributed by atoms with E-state index in [1.54, 1.807) is 18.4 Å². The lowest BCUT2D eigenvalue weighted by Gasteiger charge is -2.31. The molecule has 2 aromatic heterocycles. The van der Waals surface area contributed by atoms with Gasteiger partial charge in [-0.15, -0.1) is 11.3 Å². The number of anilines is 1. The number of nitrogens with zero attached hydrogens (tertiary/aromatic N) is 3. The molecule has 116 valence electrons. The molecule has 1 saturated heterocycles. The molecule has 1 aliphatic heterocycles. The number of piperidine rings is 1. The van der Waals surface area contributed by atoms with Crippen LogP contribution in [0.3, 0.4) is 0 Å². The Morgan fingerprint density at radius 3 is 3.24 bits per heavy atom. The molecule has 3 heterocycles. The SMILES string of the molecule is COCCNCc1c(N2CCCC(C)C2)nc2sccn12. The zero-order valence-electron chi connectivity index (χ0n) is 12.8. The summed E-state index contributed by atoms with van der Waals surface area (Å²) in [6.07, 6.45) is 4.72. The highest BCUT2D eigenvalue weighted by atomic mass is 32.1. The topological polar surface area (TPSA) is 41.8 Å². The van der Waals surface area contributed by atoms with Gasteiger partial charge in [0.05, 0.1) is 12.3 Å². The van der Waals surface area contributed by atoms with Gasteiger partial charge in [-0.3, -0.25) is 4.40 Å². The predicted octanol–water partition coefficient (Wildman–Crippen LogP) is 2.37. The lowest BCUT2D eigenvalue weighted by atomic mass is 10.0. The number of aromatic nitrogens is 2. The Balaban J connectivity index is 1.81. The van der Waals surface area contributed by atoms with Crippen molar-refractivity contribution >= 4 is 22.1 Å². The monoisotopic (exact) mass is 308 g/mol. The van der Waals surface area contributed by atoms with Crippen LogP contribution in [0.25, 0.3) is 4.96 Å². The molecular weight excluding hydrogens is 284 g/mol. The summed E-state index contributed by atoms with van der Waals surface area (Å²) in [5, 5.41) is 5.55. The highest BCUT2D eigenvalue weighted by molar-refractivity contribution is 7.15. The molecule has 1 atom stereocenters. The second kappa shape index (κ2) is 6.77. The van der Waals surface area contributed by atoms with Gasteiger partial charge in [-0.25, -0.2) is 4.98 Å². The largest absolute Gasteiger partial charge is 0.383 e. The second-order valence-corrected chi connectivity index (χ2v) is 6.67. The Labute approximate surface area is 129 Å². The molecule has 0 aromatic carbocycles. The normalized spacial score (nSPS) is 19.5. The fraction of sp³-hybridized carbons (Fsp3) is 0.667. The van der Waals surface area contributed by atoms with Crippen LogP contribution < -0.4 is 10.2 Å². The molecule has 1 fully saturated rings. The van der Waals surface area contributed by atoms with Crippen molar-refractivity contribution in [1.29, 1.82) is 0 Å². The first-order valence-corrected chi connectivity index (χ1v) is 8.56. The standard InChI is InChI=1S/C15H24N4OS/c1-12-4-3-6-18(11-12)14-13(10-16-5-8-20-2)19-7-9-21-15(19)17-14/h7,9,12,16H,3-6,8,10-11H2,1-2H3. The maximum absolute atomic E-state index is 5.10. The van der Waals surface area contributed by atoms with Crippen LogP contribution in [0, 0.1) is 5.92 Å². The maximum atomic E-state index is 5.10. The quantitative estimate of drug-likeness (QED) is 0.832. The Morgan fingerprint density at radius 1 is 1.52 bits per heavy atom. The van der Waals surface area contributed by atoms with Crippen molar-refractivity contribution < 1.29 is 4.74 Å². The lowest BCUT2D eigenvalue weighted by molar-refractivity contribution is 0.199. The summed E-state index contributed by atoms with van der Waals surface area (Å²) in [7, 11) is 1.73. The van der Waals surface area contributed by atoms with Gasteiger partial charge in [0.25, 0.3) is 0 Å². The van der Waals surface area contributed by atoms with Crippen molar-refractivity contribution in [2.45, 2.75) is 26.3 Å². The van der Waals surface area contributed by atoms with E-state index in [9.17, 15) is 0 Å². The first kappa shape index (κ1) is 14.8. The van der Waals surface area contributed by atoms with Crippen molar-refractivity contribution in [3.63, 3.8) is 0 Å². The second-order valence-electron chi connectivity index (χ2n) is 5.80. The minimum atomic E-state index is 0.738. The van der Waals surface area contributed by atoms with Gasteiger partial charge in [0, 0.05) is 44.9 Å². The first-order valence-electron chi connectivity index (χ1n) is 7.68. The highest BCUT2D eigenvalue weighted by Crippen LogP contribution is 2.28. The van der Waals surface area contributed by atoms with Gasteiger partial charge in [-0.05, 0) is 18.8 Å². The van der Waals surface area contributed by atoms with E-state index < -0.39 is 0 Å². The molecule has 5 nitrogen and oxygen atoms in total. The Bertz CT molecular complexity index is 579. The molecule has 1 unspecified atom stereocenters. The molecular formula is C15H24N4OS. The van der Waals surface area contributed by atoms with Crippen LogP contribution in [0.1, 0.15) is 25.5 Å². The zero-order valence-corrected chi connectivity index (χ0v) is 13.7. The van der Waals surface area contributed by atoms with Gasteiger partial charge in [-0.1, -0.05) is 6.92 Å². The molecule has 0 radical (unpaired) electrons. The van der Waals surface area contributed by atoms with Crippen molar-refractivity contribution in [3.05, 3.63) is 17.3 Å². The van der Waals surface area contributed by atoms with Crippen LogP contribution in [0.4, 0.5) is 5.82 Å². The Hall–Kier alpha value is -1.11. The van der Waals surface area contributed by atoms with Crippen molar-refractivity contribution in [2.24, 2.45) is 5.92 Å². The van der Waals surface area contributed by atoms with E-state index >= 15 is 0 Å². The molecule has 0 aliphatic carbocycles. The van der Waals surface area contributed by atoms with Crippen LogP contribution >= 0.6 is 11.3 Å². The minimum absolute atomic E-state index is 0.738. The summed E-state index contributed by atoms with van der Waals surface area (Å²) in [5.41, 5.74) is 1.27. The molecule has 0 bridgehead atoms. The number of imidazole rings is 1. The van der Waals surface area contributed by atoms with Gasteiger partial charge >= 0.3 is 0 Å². The molecule has 3 rings (SSSR count). The third-order valence-corrected chi connectivity index (χ3v) is 4.83. The van der Waals surface area contributed by atoms with Gasteiger partial charge in [0.1, 0.15) is 0 Å². The summed E-state index contributed by atoms with van der Waals surface area (Å²) in [6.45, 7) is 7.02. The number of fused-ring (bicyclic) bond motifs is 1. The maximum Gasteiger partial charge on any atom is 0.195 e. The third kappa shape index (κ3) is 3.22. The average Bonchev–Trinajstić information content (AvgIpc) is 3.05. The number of ether oxygens (including phenoxy) is 1. The number of thiazole rings is 1. The van der Waals surface area contributed by atoms with Crippen LogP contribution in [0.2, 0.25) is 0 Å². The molecule has 2 aromatic rings. The summed E-state index contributed by atoms with van der Waals surface area (Å²) in [6, 6.07) is 0. The first-order chi connectivity index (χ1) is 10.3. The molecule has 1 aliphatic rings. The number of hydrogen-bond acceptors (Lipinski definition) is 5. The molecule has 0 spiro atoms. The lowest BCUT2D eigenvalue weighted by Crippen LogP contribution is -2.35. The van der Waals surface area contributed by atoms with Crippen molar-refractivity contribution in [2.75, 3.05) is 38.3 Å². The van der Waals surface area contributed by atoms with Crippen LogP contribution in [-0.4, -0.2) is 42.7 Å². The molecule has 21 heavy (non-hydrogen) atoms. The highest BCUT2D eigenvalue weighted by Gasteiger charge is 2.23. The van der Waals surface area contributed by atoms with E-state index in [4.69, 9.17) is 9.72 Å². The predicted molar refractivity (Wildman–Crippen MR) is 87.3 cm³/mol. The van der Waals surface area contributed by atoms with E-state index in [-0.39, 0.29) is 0 Å². The van der Waals surface area contributed by atoms with E-state index in [2.05, 4.69) is 33.1 Å². The summed E-state index contributed by atoms with van der Waals surface area (Å²) in [5.74, 6) is 1.92. The molecule has 0 saturated carbocycles. The van der Waals surface area contributed by atoms with Gasteiger partial charge in [-0.2, -0.15) is 0 Å². The summed E-state index contributed by atoms with van der Waals surface area (Å²) < 4.78 is 7.32. The number of nitrogens with one attached hydrogen (secondary N) is 1. The number of hydrogen-bond donors (Lipinski definition) is 1. The van der Waals surface area contributed by atoms with Gasteiger partial charge in [0.2, 0.25) is 0 Å². The van der Waals surface area contributed by atoms with Gasteiger partial charge < -0.3 is 15.0 Å². The van der Waals surface area contributed by atoms with Crippen LogP contribution in [0.5, 0.6) is 0 Å². The Kier molecular flexibility index (Phi) is 4.77. The molecule has 0 amide bonds. The van der Waals surface area contributed by atoms with E-state index in [0.717, 1.165) is 43.7 Å². The Morgan fingerprint density at radius 2 is 2.43 bits per heavy atom. The summed E-state index contributed by atoms with van der Waals surface area (Å²) in [4.78, 5) is 8.41. The van der Waals surface area contributed by atoms with Crippen molar-refractivity contribution in [1.82, 2.24) is 14.7 Å². The van der Waals surface area contributed by atoms with Crippen LogP contribution in [0.15, 0.2) is 11.6 Å². The zero-order chi connectivity index (χ0) is 14.7. The number of methoxy groups -OCH3 is 1. The van der Waals surface area contributed by atoms with Gasteiger partial charge in [0.15, 0.2) is 10.8 Å². The number of rotatable bonds is 6. The third-order valence-electron chi connectivity index (χ3n) is 4.07.